The predicted octanol–water partition coefficient (Wildman–Crippen LogP) is 5.11. The lowest BCUT2D eigenvalue weighted by molar-refractivity contribution is 0.616. The first-order chi connectivity index (χ1) is 10.0. The molecule has 1 heterocycles. The highest BCUT2D eigenvalue weighted by molar-refractivity contribution is 9.10. The van der Waals surface area contributed by atoms with Crippen LogP contribution in [0.15, 0.2) is 34.8 Å². The topological polar surface area (TPSA) is 17.8 Å². The van der Waals surface area contributed by atoms with Crippen LogP contribution < -0.4 is 0 Å². The van der Waals surface area contributed by atoms with Gasteiger partial charge >= 0.3 is 0 Å². The van der Waals surface area contributed by atoms with Crippen molar-refractivity contribution in [2.24, 2.45) is 0 Å². The summed E-state index contributed by atoms with van der Waals surface area (Å²) in [5.74, 6) is -0.0479. The average molecular weight is 372 g/mol. The number of halogens is 4. The van der Waals surface area contributed by atoms with Crippen molar-refractivity contribution >= 4 is 38.6 Å². The van der Waals surface area contributed by atoms with Gasteiger partial charge in [0.1, 0.15) is 17.5 Å². The van der Waals surface area contributed by atoms with Gasteiger partial charge in [-0.05, 0) is 41.1 Å². The highest BCUT2D eigenvalue weighted by atomic mass is 79.9. The molecule has 0 aliphatic heterocycles. The average Bonchev–Trinajstić information content (AvgIpc) is 2.80. The molecule has 0 aliphatic carbocycles. The molecule has 0 saturated carbocycles. The van der Waals surface area contributed by atoms with Crippen LogP contribution >= 0.6 is 27.5 Å². The molecule has 0 saturated heterocycles. The van der Waals surface area contributed by atoms with E-state index in [4.69, 9.17) is 11.6 Å². The summed E-state index contributed by atoms with van der Waals surface area (Å²) < 4.78 is 29.7. The maximum absolute atomic E-state index is 13.8. The summed E-state index contributed by atoms with van der Waals surface area (Å²) in [7, 11) is 0. The Kier molecular flexibility index (Phi) is 3.71. The highest BCUT2D eigenvalue weighted by Gasteiger charge is 2.16. The van der Waals surface area contributed by atoms with Gasteiger partial charge in [0, 0.05) is 11.6 Å². The summed E-state index contributed by atoms with van der Waals surface area (Å²) in [6.07, 6.45) is 0. The first kappa shape index (κ1) is 14.5. The maximum Gasteiger partial charge on any atom is 0.139 e. The van der Waals surface area contributed by atoms with Gasteiger partial charge in [0.25, 0.3) is 0 Å². The molecule has 0 fully saturated rings. The second-order valence-electron chi connectivity index (χ2n) is 4.64. The number of aromatic nitrogens is 2. The highest BCUT2D eigenvalue weighted by Crippen LogP contribution is 2.29. The smallest absolute Gasteiger partial charge is 0.139 e. The lowest BCUT2D eigenvalue weighted by Crippen LogP contribution is -2.03. The fourth-order valence-electron chi connectivity index (χ4n) is 2.32. The van der Waals surface area contributed by atoms with Crippen LogP contribution in [-0.4, -0.2) is 9.55 Å². The third-order valence-electron chi connectivity index (χ3n) is 3.37. The normalized spacial score (nSPS) is 11.3. The molecule has 0 spiro atoms. The Bertz CT molecular complexity index is 845. The Morgan fingerprint density at radius 1 is 1.24 bits per heavy atom. The van der Waals surface area contributed by atoms with Crippen molar-refractivity contribution in [1.82, 2.24) is 9.55 Å². The zero-order chi connectivity index (χ0) is 15.1. The lowest BCUT2D eigenvalue weighted by Gasteiger charge is -2.11. The molecule has 3 rings (SSSR count). The monoisotopic (exact) mass is 370 g/mol. The van der Waals surface area contributed by atoms with E-state index < -0.39 is 5.82 Å². The fourth-order valence-corrected chi connectivity index (χ4v) is 2.83. The summed E-state index contributed by atoms with van der Waals surface area (Å²) >= 11 is 9.08. The van der Waals surface area contributed by atoms with Gasteiger partial charge in [0.2, 0.25) is 0 Å². The number of nitrogens with zero attached hydrogens (tertiary/aromatic N) is 2. The number of hydrogen-bond donors (Lipinski definition) is 0. The van der Waals surface area contributed by atoms with Gasteiger partial charge in [0.15, 0.2) is 0 Å². The molecule has 0 unspecified atom stereocenters. The van der Waals surface area contributed by atoms with Crippen molar-refractivity contribution < 1.29 is 8.78 Å². The summed E-state index contributed by atoms with van der Waals surface area (Å²) in [6, 6.07) is 7.71. The second kappa shape index (κ2) is 5.39. The van der Waals surface area contributed by atoms with Crippen molar-refractivity contribution in [3.63, 3.8) is 0 Å². The van der Waals surface area contributed by atoms with E-state index in [0.29, 0.717) is 32.6 Å². The zero-order valence-corrected chi connectivity index (χ0v) is 13.3. The van der Waals surface area contributed by atoms with Crippen LogP contribution in [0.5, 0.6) is 0 Å². The van der Waals surface area contributed by atoms with E-state index in [1.165, 1.54) is 12.1 Å². The van der Waals surface area contributed by atoms with Crippen LogP contribution in [0.3, 0.4) is 0 Å². The van der Waals surface area contributed by atoms with Crippen LogP contribution in [-0.2, 0) is 5.88 Å². The van der Waals surface area contributed by atoms with E-state index in [1.54, 1.807) is 29.7 Å². The quantitative estimate of drug-likeness (QED) is 0.572. The van der Waals surface area contributed by atoms with Gasteiger partial charge in [-0.3, -0.25) is 4.57 Å². The molecule has 0 N–H and O–H groups in total. The van der Waals surface area contributed by atoms with E-state index in [2.05, 4.69) is 20.9 Å². The minimum atomic E-state index is -0.404. The first-order valence-electron chi connectivity index (χ1n) is 6.20. The Hall–Kier alpha value is -1.46. The molecule has 0 atom stereocenters. The molecule has 2 nitrogen and oxygen atoms in total. The summed E-state index contributed by atoms with van der Waals surface area (Å²) in [6.45, 7) is 1.67. The number of benzene rings is 2. The van der Waals surface area contributed by atoms with E-state index in [1.807, 2.05) is 0 Å². The van der Waals surface area contributed by atoms with E-state index >= 15 is 0 Å². The van der Waals surface area contributed by atoms with Gasteiger partial charge in [-0.1, -0.05) is 6.07 Å². The van der Waals surface area contributed by atoms with Crippen molar-refractivity contribution in [2.75, 3.05) is 0 Å². The minimum Gasteiger partial charge on any atom is -0.295 e. The molecule has 1 aromatic heterocycles. The Balaban J connectivity index is 2.40. The van der Waals surface area contributed by atoms with Crippen molar-refractivity contribution in [3.8, 4) is 5.69 Å². The molecule has 0 radical (unpaired) electrons. The largest absolute Gasteiger partial charge is 0.295 e. The molecule has 0 aliphatic rings. The molecular formula is C15H10BrClF2N2. The minimum absolute atomic E-state index is 0.143. The Morgan fingerprint density at radius 2 is 2.00 bits per heavy atom. The summed E-state index contributed by atoms with van der Waals surface area (Å²) in [4.78, 5) is 4.39. The predicted molar refractivity (Wildman–Crippen MR) is 83.0 cm³/mol. The molecule has 21 heavy (non-hydrogen) atoms. The molecular weight excluding hydrogens is 362 g/mol. The van der Waals surface area contributed by atoms with Crippen LogP contribution in [0.1, 0.15) is 11.4 Å². The number of imidazole rings is 1. The van der Waals surface area contributed by atoms with Crippen LogP contribution in [0.2, 0.25) is 0 Å². The van der Waals surface area contributed by atoms with Crippen LogP contribution in [0, 0.1) is 18.6 Å². The number of fused-ring (bicyclic) bond motifs is 1. The Morgan fingerprint density at radius 3 is 2.71 bits per heavy atom. The van der Waals surface area contributed by atoms with Crippen molar-refractivity contribution in [1.29, 1.82) is 0 Å². The van der Waals surface area contributed by atoms with Gasteiger partial charge in [-0.15, -0.1) is 11.6 Å². The molecule has 6 heteroatoms. The number of hydrogen-bond acceptors (Lipinski definition) is 1. The summed E-state index contributed by atoms with van der Waals surface area (Å²) in [5.41, 5.74) is 2.23. The van der Waals surface area contributed by atoms with Gasteiger partial charge in [0.05, 0.1) is 27.1 Å². The number of alkyl halides is 1. The van der Waals surface area contributed by atoms with Crippen LogP contribution in [0.4, 0.5) is 8.78 Å². The molecule has 0 bridgehead atoms. The van der Waals surface area contributed by atoms with Crippen molar-refractivity contribution in [3.05, 3.63) is 57.8 Å². The van der Waals surface area contributed by atoms with E-state index in [9.17, 15) is 8.78 Å². The van der Waals surface area contributed by atoms with Crippen LogP contribution in [0.25, 0.3) is 16.7 Å². The Labute approximate surface area is 133 Å². The fraction of sp³-hybridized carbons (Fsp3) is 0.133. The maximum atomic E-state index is 13.8. The van der Waals surface area contributed by atoms with Gasteiger partial charge in [-0.25, -0.2) is 13.8 Å². The van der Waals surface area contributed by atoms with E-state index in [0.717, 1.165) is 0 Å². The first-order valence-corrected chi connectivity index (χ1v) is 7.53. The summed E-state index contributed by atoms with van der Waals surface area (Å²) in [5, 5.41) is 0. The van der Waals surface area contributed by atoms with Crippen molar-refractivity contribution in [2.45, 2.75) is 12.8 Å². The van der Waals surface area contributed by atoms with E-state index in [-0.39, 0.29) is 11.7 Å². The molecule has 108 valence electrons. The SMILES string of the molecule is Cc1c(F)cccc1-n1c(CCl)nc2cc(Br)c(F)cc21. The third kappa shape index (κ3) is 2.34. The molecule has 0 amide bonds. The zero-order valence-electron chi connectivity index (χ0n) is 11.0. The number of rotatable bonds is 2. The van der Waals surface area contributed by atoms with Gasteiger partial charge < -0.3 is 0 Å². The van der Waals surface area contributed by atoms with Gasteiger partial charge in [-0.2, -0.15) is 0 Å². The third-order valence-corrected chi connectivity index (χ3v) is 4.21. The molecule has 3 aromatic rings. The second-order valence-corrected chi connectivity index (χ2v) is 5.76. The standard InChI is InChI=1S/C15H10BrClF2N2/c1-8-10(18)3-2-4-13(8)21-14-6-11(19)9(16)5-12(14)20-15(21)7-17/h2-6H,7H2,1H3. The lowest BCUT2D eigenvalue weighted by atomic mass is 10.2. The molecule has 2 aromatic carbocycles.